The number of rotatable bonds is 3. The van der Waals surface area contributed by atoms with Crippen molar-refractivity contribution in [2.75, 3.05) is 0 Å². The van der Waals surface area contributed by atoms with E-state index in [-0.39, 0.29) is 12.1 Å². The van der Waals surface area contributed by atoms with Gasteiger partial charge in [-0.15, -0.1) is 11.6 Å². The third kappa shape index (κ3) is 2.54. The van der Waals surface area contributed by atoms with Crippen LogP contribution in [0.5, 0.6) is 0 Å². The molecule has 1 aromatic carbocycles. The molecule has 0 aliphatic heterocycles. The zero-order valence-electron chi connectivity index (χ0n) is 11.6. The molecule has 0 radical (unpaired) electrons. The van der Waals surface area contributed by atoms with Crippen LogP contribution in [0.2, 0.25) is 0 Å². The molecule has 0 spiro atoms. The fraction of sp³-hybridized carbons (Fsp3) is 0.286. The maximum Gasteiger partial charge on any atom is 0.261 e. The third-order valence-corrected chi connectivity index (χ3v) is 3.31. The van der Waals surface area contributed by atoms with Gasteiger partial charge in [0.15, 0.2) is 5.82 Å². The van der Waals surface area contributed by atoms with Gasteiger partial charge in [0.25, 0.3) is 5.56 Å². The number of benzene rings is 1. The molecule has 0 saturated carbocycles. The molecule has 0 saturated heterocycles. The quantitative estimate of drug-likeness (QED) is 0.695. The first-order chi connectivity index (χ1) is 10.1. The van der Waals surface area contributed by atoms with Crippen molar-refractivity contribution in [1.29, 1.82) is 0 Å². The molecule has 1 atom stereocenters. The molecular formula is C14H13ClN4O2. The van der Waals surface area contributed by atoms with Crippen LogP contribution >= 0.6 is 11.6 Å². The summed E-state index contributed by atoms with van der Waals surface area (Å²) in [5, 5.41) is 3.85. The highest BCUT2D eigenvalue weighted by molar-refractivity contribution is 6.20. The predicted molar refractivity (Wildman–Crippen MR) is 78.4 cm³/mol. The number of aromatic nitrogens is 4. The zero-order valence-corrected chi connectivity index (χ0v) is 12.3. The number of fused-ring (bicyclic) bond motifs is 1. The van der Waals surface area contributed by atoms with Crippen molar-refractivity contribution in [3.8, 4) is 0 Å². The Morgan fingerprint density at radius 1 is 1.33 bits per heavy atom. The minimum absolute atomic E-state index is 0.157. The number of alkyl halides is 1. The molecule has 3 aromatic rings. The Hall–Kier alpha value is -2.21. The lowest BCUT2D eigenvalue weighted by Gasteiger charge is -2.13. The highest BCUT2D eigenvalue weighted by Crippen LogP contribution is 2.19. The van der Waals surface area contributed by atoms with Crippen LogP contribution in [0, 0.1) is 6.92 Å². The fourth-order valence-electron chi connectivity index (χ4n) is 2.18. The summed E-state index contributed by atoms with van der Waals surface area (Å²) in [5.74, 6) is 1.36. The fourth-order valence-corrected chi connectivity index (χ4v) is 2.35. The lowest BCUT2D eigenvalue weighted by molar-refractivity contribution is 0.364. The molecule has 0 N–H and O–H groups in total. The number of para-hydroxylation sites is 1. The smallest absolute Gasteiger partial charge is 0.261 e. The molecule has 6 nitrogen and oxygen atoms in total. The highest BCUT2D eigenvalue weighted by Gasteiger charge is 2.17. The summed E-state index contributed by atoms with van der Waals surface area (Å²) in [6.45, 7) is 3.65. The average molecular weight is 305 g/mol. The van der Waals surface area contributed by atoms with E-state index >= 15 is 0 Å². The van der Waals surface area contributed by atoms with Crippen LogP contribution in [0.15, 0.2) is 33.6 Å². The van der Waals surface area contributed by atoms with Gasteiger partial charge in [-0.2, -0.15) is 4.98 Å². The summed E-state index contributed by atoms with van der Waals surface area (Å²) in [7, 11) is 0. The van der Waals surface area contributed by atoms with Crippen LogP contribution in [-0.4, -0.2) is 19.7 Å². The van der Waals surface area contributed by atoms with E-state index in [2.05, 4.69) is 15.1 Å². The second-order valence-corrected chi connectivity index (χ2v) is 5.38. The number of hydrogen-bond donors (Lipinski definition) is 0. The minimum Gasteiger partial charge on any atom is -0.337 e. The third-order valence-electron chi connectivity index (χ3n) is 3.11. The standard InChI is InChI=1S/C14H13ClN4O2/c1-8(15)13-17-11-6-4-3-5-10(11)14(20)19(13)7-12-16-9(2)18-21-12/h3-6,8H,7H2,1-2H3. The van der Waals surface area contributed by atoms with Crippen molar-refractivity contribution in [3.63, 3.8) is 0 Å². The molecule has 0 aliphatic rings. The van der Waals surface area contributed by atoms with E-state index in [1.807, 2.05) is 6.07 Å². The maximum absolute atomic E-state index is 12.6. The Morgan fingerprint density at radius 2 is 2.10 bits per heavy atom. The second kappa shape index (κ2) is 5.29. The Bertz CT molecular complexity index is 854. The zero-order chi connectivity index (χ0) is 15.0. The van der Waals surface area contributed by atoms with Crippen LogP contribution < -0.4 is 5.56 Å². The SMILES string of the molecule is Cc1noc(Cn2c(C(C)Cl)nc3ccccc3c2=O)n1. The van der Waals surface area contributed by atoms with Gasteiger partial charge < -0.3 is 4.52 Å². The number of halogens is 1. The van der Waals surface area contributed by atoms with Crippen molar-refractivity contribution in [1.82, 2.24) is 19.7 Å². The van der Waals surface area contributed by atoms with E-state index in [4.69, 9.17) is 16.1 Å². The summed E-state index contributed by atoms with van der Waals surface area (Å²) < 4.78 is 6.56. The van der Waals surface area contributed by atoms with Crippen molar-refractivity contribution in [2.45, 2.75) is 25.8 Å². The summed E-state index contributed by atoms with van der Waals surface area (Å²) >= 11 is 6.16. The van der Waals surface area contributed by atoms with Gasteiger partial charge in [-0.1, -0.05) is 17.3 Å². The molecule has 7 heteroatoms. The van der Waals surface area contributed by atoms with Crippen LogP contribution in [0.1, 0.15) is 29.8 Å². The molecule has 0 bridgehead atoms. The van der Waals surface area contributed by atoms with E-state index in [0.717, 1.165) is 0 Å². The van der Waals surface area contributed by atoms with Gasteiger partial charge in [-0.3, -0.25) is 9.36 Å². The van der Waals surface area contributed by atoms with E-state index in [9.17, 15) is 4.79 Å². The van der Waals surface area contributed by atoms with Crippen LogP contribution in [-0.2, 0) is 6.54 Å². The number of aryl methyl sites for hydroxylation is 1. The van der Waals surface area contributed by atoms with E-state index in [0.29, 0.717) is 28.4 Å². The first kappa shape index (κ1) is 13.8. The lowest BCUT2D eigenvalue weighted by Crippen LogP contribution is -2.26. The van der Waals surface area contributed by atoms with Crippen molar-refractivity contribution < 1.29 is 4.52 Å². The monoisotopic (exact) mass is 304 g/mol. The molecule has 108 valence electrons. The molecule has 3 rings (SSSR count). The van der Waals surface area contributed by atoms with Crippen molar-refractivity contribution >= 4 is 22.5 Å². The maximum atomic E-state index is 12.6. The summed E-state index contributed by atoms with van der Waals surface area (Å²) in [6.07, 6.45) is 0. The molecule has 0 fully saturated rings. The van der Waals surface area contributed by atoms with Gasteiger partial charge in [0.05, 0.1) is 16.3 Å². The van der Waals surface area contributed by atoms with Crippen LogP contribution in [0.3, 0.4) is 0 Å². The first-order valence-corrected chi connectivity index (χ1v) is 6.92. The average Bonchev–Trinajstić information content (AvgIpc) is 2.87. The van der Waals surface area contributed by atoms with Gasteiger partial charge in [0.1, 0.15) is 12.4 Å². The molecule has 2 heterocycles. The largest absolute Gasteiger partial charge is 0.337 e. The van der Waals surface area contributed by atoms with Crippen molar-refractivity contribution in [3.05, 3.63) is 52.2 Å². The molecule has 0 amide bonds. The lowest BCUT2D eigenvalue weighted by atomic mass is 10.2. The van der Waals surface area contributed by atoms with Gasteiger partial charge in [0, 0.05) is 0 Å². The van der Waals surface area contributed by atoms with Crippen LogP contribution in [0.25, 0.3) is 10.9 Å². The summed E-state index contributed by atoms with van der Waals surface area (Å²) in [4.78, 5) is 21.2. The Balaban J connectivity index is 2.21. The molecular weight excluding hydrogens is 292 g/mol. The van der Waals surface area contributed by atoms with Crippen LogP contribution in [0.4, 0.5) is 0 Å². The molecule has 2 aromatic heterocycles. The summed E-state index contributed by atoms with van der Waals surface area (Å²) in [6, 6.07) is 7.17. The predicted octanol–water partition coefficient (Wildman–Crippen LogP) is 2.44. The Kier molecular flexibility index (Phi) is 3.47. The number of hydrogen-bond acceptors (Lipinski definition) is 5. The van der Waals surface area contributed by atoms with E-state index in [1.54, 1.807) is 32.0 Å². The molecule has 0 aliphatic carbocycles. The normalized spacial score (nSPS) is 12.7. The van der Waals surface area contributed by atoms with Gasteiger partial charge in [-0.25, -0.2) is 4.98 Å². The van der Waals surface area contributed by atoms with Gasteiger partial charge >= 0.3 is 0 Å². The minimum atomic E-state index is -0.411. The Labute approximate surface area is 125 Å². The van der Waals surface area contributed by atoms with Gasteiger partial charge in [0.2, 0.25) is 5.89 Å². The van der Waals surface area contributed by atoms with E-state index in [1.165, 1.54) is 4.57 Å². The topological polar surface area (TPSA) is 73.8 Å². The second-order valence-electron chi connectivity index (χ2n) is 4.73. The number of nitrogens with zero attached hydrogens (tertiary/aromatic N) is 4. The Morgan fingerprint density at radius 3 is 2.76 bits per heavy atom. The molecule has 1 unspecified atom stereocenters. The van der Waals surface area contributed by atoms with Crippen molar-refractivity contribution in [2.24, 2.45) is 0 Å². The van der Waals surface area contributed by atoms with Gasteiger partial charge in [-0.05, 0) is 26.0 Å². The van der Waals surface area contributed by atoms with E-state index < -0.39 is 5.38 Å². The first-order valence-electron chi connectivity index (χ1n) is 6.49. The highest BCUT2D eigenvalue weighted by atomic mass is 35.5. The summed E-state index contributed by atoms with van der Waals surface area (Å²) in [5.41, 5.74) is 0.460. The molecule has 21 heavy (non-hydrogen) atoms.